The molecule has 3 rings (SSSR count). The molecule has 0 aromatic heterocycles. The third-order valence-corrected chi connectivity index (χ3v) is 5.79. The first-order valence-corrected chi connectivity index (χ1v) is 9.02. The summed E-state index contributed by atoms with van der Waals surface area (Å²) in [7, 11) is 0. The minimum absolute atomic E-state index is 0.108. The molecule has 1 aliphatic carbocycles. The summed E-state index contributed by atoms with van der Waals surface area (Å²) in [5.41, 5.74) is 2.25. The van der Waals surface area contributed by atoms with Crippen molar-refractivity contribution in [3.05, 3.63) is 46.4 Å². The van der Waals surface area contributed by atoms with Gasteiger partial charge in [0.25, 0.3) is 5.91 Å². The molecule has 1 aromatic carbocycles. The number of carbonyl (C=O) groups excluding carboxylic acids is 2. The lowest BCUT2D eigenvalue weighted by molar-refractivity contribution is -0.119. The molecule has 2 aliphatic rings. The molecule has 122 valence electrons. The van der Waals surface area contributed by atoms with Gasteiger partial charge in [0.2, 0.25) is 5.91 Å². The molecule has 1 heterocycles. The van der Waals surface area contributed by atoms with E-state index < -0.39 is 0 Å². The summed E-state index contributed by atoms with van der Waals surface area (Å²) >= 11 is 1.56. The van der Waals surface area contributed by atoms with Gasteiger partial charge in [0, 0.05) is 23.9 Å². The van der Waals surface area contributed by atoms with Crippen LogP contribution in [0.5, 0.6) is 0 Å². The van der Waals surface area contributed by atoms with Crippen LogP contribution in [0.2, 0.25) is 0 Å². The zero-order chi connectivity index (χ0) is 16.2. The van der Waals surface area contributed by atoms with E-state index in [4.69, 9.17) is 0 Å². The smallest absolute Gasteiger partial charge is 0.258 e. The van der Waals surface area contributed by atoms with E-state index >= 15 is 0 Å². The first-order valence-electron chi connectivity index (χ1n) is 8.14. The standard InChI is InChI=1S/C18H22N2O2S/c1-12-6-8-13(9-7-12)11-19-17(21)10-16-18(22)20-14-4-2-3-5-15(14)23-16/h6-10,14-15H,2-5,11H2,1H3,(H,19,21)(H,20,22)/b16-10-. The van der Waals surface area contributed by atoms with Gasteiger partial charge in [0.05, 0.1) is 4.91 Å². The second kappa shape index (κ2) is 7.21. The van der Waals surface area contributed by atoms with E-state index in [1.165, 1.54) is 24.5 Å². The molecule has 2 amide bonds. The van der Waals surface area contributed by atoms with Crippen LogP contribution in [-0.2, 0) is 16.1 Å². The predicted molar refractivity (Wildman–Crippen MR) is 92.9 cm³/mol. The fourth-order valence-electron chi connectivity index (χ4n) is 3.02. The second-order valence-electron chi connectivity index (χ2n) is 6.23. The Morgan fingerprint density at radius 3 is 2.83 bits per heavy atom. The SMILES string of the molecule is Cc1ccc(CNC(=O)/C=C2\SC3CCCCC3NC2=O)cc1. The molecular weight excluding hydrogens is 308 g/mol. The van der Waals surface area contributed by atoms with Crippen molar-refractivity contribution < 1.29 is 9.59 Å². The molecule has 4 nitrogen and oxygen atoms in total. The summed E-state index contributed by atoms with van der Waals surface area (Å²) in [4.78, 5) is 24.7. The van der Waals surface area contributed by atoms with Crippen molar-refractivity contribution in [1.29, 1.82) is 0 Å². The minimum atomic E-state index is -0.211. The lowest BCUT2D eigenvalue weighted by Crippen LogP contribution is -2.48. The van der Waals surface area contributed by atoms with E-state index in [0.29, 0.717) is 16.7 Å². The molecular formula is C18H22N2O2S. The van der Waals surface area contributed by atoms with Crippen molar-refractivity contribution in [2.45, 2.75) is 50.4 Å². The van der Waals surface area contributed by atoms with Gasteiger partial charge >= 0.3 is 0 Å². The highest BCUT2D eigenvalue weighted by Gasteiger charge is 2.34. The van der Waals surface area contributed by atoms with Crippen molar-refractivity contribution in [3.8, 4) is 0 Å². The van der Waals surface area contributed by atoms with Crippen LogP contribution in [0.1, 0.15) is 36.8 Å². The van der Waals surface area contributed by atoms with Gasteiger partial charge in [-0.15, -0.1) is 11.8 Å². The Hall–Kier alpha value is -1.75. The van der Waals surface area contributed by atoms with Crippen molar-refractivity contribution in [2.75, 3.05) is 0 Å². The van der Waals surface area contributed by atoms with E-state index in [-0.39, 0.29) is 17.9 Å². The quantitative estimate of drug-likeness (QED) is 0.838. The first-order chi connectivity index (χ1) is 11.1. The fraction of sp³-hybridized carbons (Fsp3) is 0.444. The highest BCUT2D eigenvalue weighted by atomic mass is 32.2. The highest BCUT2D eigenvalue weighted by Crippen LogP contribution is 2.36. The Balaban J connectivity index is 1.58. The molecule has 23 heavy (non-hydrogen) atoms. The fourth-order valence-corrected chi connectivity index (χ4v) is 4.34. The van der Waals surface area contributed by atoms with Gasteiger partial charge in [-0.3, -0.25) is 9.59 Å². The molecule has 2 fully saturated rings. The van der Waals surface area contributed by atoms with Gasteiger partial charge in [0.1, 0.15) is 0 Å². The maximum atomic E-state index is 12.1. The molecule has 5 heteroatoms. The van der Waals surface area contributed by atoms with Gasteiger partial charge in [-0.2, -0.15) is 0 Å². The molecule has 0 radical (unpaired) electrons. The topological polar surface area (TPSA) is 58.2 Å². The number of amides is 2. The Labute approximate surface area is 141 Å². The summed E-state index contributed by atoms with van der Waals surface area (Å²) in [6.45, 7) is 2.51. The Morgan fingerprint density at radius 2 is 2.04 bits per heavy atom. The van der Waals surface area contributed by atoms with Gasteiger partial charge in [-0.05, 0) is 25.3 Å². The summed E-state index contributed by atoms with van der Waals surface area (Å²) in [5.74, 6) is -0.318. The Kier molecular flexibility index (Phi) is 5.06. The molecule has 0 bridgehead atoms. The van der Waals surface area contributed by atoms with Crippen LogP contribution in [0.25, 0.3) is 0 Å². The largest absolute Gasteiger partial charge is 0.348 e. The van der Waals surface area contributed by atoms with Crippen molar-refractivity contribution in [2.24, 2.45) is 0 Å². The molecule has 2 atom stereocenters. The van der Waals surface area contributed by atoms with E-state index in [1.54, 1.807) is 11.8 Å². The number of carbonyl (C=O) groups is 2. The van der Waals surface area contributed by atoms with Gasteiger partial charge < -0.3 is 10.6 Å². The molecule has 0 spiro atoms. The first kappa shape index (κ1) is 16.1. The molecule has 2 N–H and O–H groups in total. The molecule has 1 aliphatic heterocycles. The van der Waals surface area contributed by atoms with Crippen molar-refractivity contribution in [1.82, 2.24) is 10.6 Å². The number of thioether (sulfide) groups is 1. The maximum Gasteiger partial charge on any atom is 0.258 e. The lowest BCUT2D eigenvalue weighted by atomic mass is 9.94. The number of hydrogen-bond donors (Lipinski definition) is 2. The van der Waals surface area contributed by atoms with Crippen LogP contribution >= 0.6 is 11.8 Å². The number of aryl methyl sites for hydroxylation is 1. The summed E-state index contributed by atoms with van der Waals surface area (Å²) in [5, 5.41) is 6.31. The summed E-state index contributed by atoms with van der Waals surface area (Å²) in [6, 6.07) is 8.31. The summed E-state index contributed by atoms with van der Waals surface area (Å²) < 4.78 is 0. The lowest BCUT2D eigenvalue weighted by Gasteiger charge is -2.36. The van der Waals surface area contributed by atoms with Crippen LogP contribution in [-0.4, -0.2) is 23.1 Å². The molecule has 1 saturated carbocycles. The molecule has 2 unspecified atom stereocenters. The van der Waals surface area contributed by atoms with E-state index in [9.17, 15) is 9.59 Å². The normalized spacial score (nSPS) is 25.6. The Morgan fingerprint density at radius 1 is 1.30 bits per heavy atom. The number of rotatable bonds is 3. The van der Waals surface area contributed by atoms with Crippen LogP contribution in [0.15, 0.2) is 35.2 Å². The summed E-state index contributed by atoms with van der Waals surface area (Å²) in [6.07, 6.45) is 5.99. The number of benzene rings is 1. The number of hydrogen-bond acceptors (Lipinski definition) is 3. The average molecular weight is 330 g/mol. The van der Waals surface area contributed by atoms with E-state index in [2.05, 4.69) is 10.6 Å². The van der Waals surface area contributed by atoms with Crippen molar-refractivity contribution in [3.63, 3.8) is 0 Å². The predicted octanol–water partition coefficient (Wildman–Crippen LogP) is 2.67. The third kappa shape index (κ3) is 4.16. The monoisotopic (exact) mass is 330 g/mol. The van der Waals surface area contributed by atoms with Crippen LogP contribution in [0.4, 0.5) is 0 Å². The zero-order valence-electron chi connectivity index (χ0n) is 13.3. The maximum absolute atomic E-state index is 12.1. The average Bonchev–Trinajstić information content (AvgIpc) is 2.55. The molecule has 1 aromatic rings. The van der Waals surface area contributed by atoms with Crippen LogP contribution < -0.4 is 10.6 Å². The zero-order valence-corrected chi connectivity index (χ0v) is 14.1. The van der Waals surface area contributed by atoms with Crippen LogP contribution in [0.3, 0.4) is 0 Å². The number of fused-ring (bicyclic) bond motifs is 1. The van der Waals surface area contributed by atoms with E-state index in [1.807, 2.05) is 31.2 Å². The Bertz CT molecular complexity index is 624. The van der Waals surface area contributed by atoms with E-state index in [0.717, 1.165) is 18.4 Å². The third-order valence-electron chi connectivity index (χ3n) is 4.37. The van der Waals surface area contributed by atoms with Gasteiger partial charge in [-0.25, -0.2) is 0 Å². The van der Waals surface area contributed by atoms with Crippen molar-refractivity contribution >= 4 is 23.6 Å². The second-order valence-corrected chi connectivity index (χ2v) is 7.51. The van der Waals surface area contributed by atoms with Gasteiger partial charge in [0.15, 0.2) is 0 Å². The minimum Gasteiger partial charge on any atom is -0.348 e. The molecule has 1 saturated heterocycles. The van der Waals surface area contributed by atoms with Crippen LogP contribution in [0, 0.1) is 6.92 Å². The number of nitrogens with one attached hydrogen (secondary N) is 2. The van der Waals surface area contributed by atoms with Gasteiger partial charge in [-0.1, -0.05) is 42.7 Å². The highest BCUT2D eigenvalue weighted by molar-refractivity contribution is 8.04.